The molecule has 0 bridgehead atoms. The van der Waals surface area contributed by atoms with Gasteiger partial charge in [0.2, 0.25) is 11.8 Å². The Hall–Kier alpha value is -4.07. The standard InChI is InChI=1S/C36H43N5O6S/c1-41-24-38-39-36(41)48-23-31-20-32(28-13-11-25(22-42)12-14-28)47-35(46-31)29-17-15-27(16-18-29)30-8-6-7-26(19-30)21-37-33(43)9-4-2-3-5-10-34(44)40-45/h6-8,11-19,24,31-32,35,42,45H,2-5,9-10,20-23H2,1H3,(H,37,43)(H,40,44)/t31-,32+,35+/m0/s1. The van der Waals surface area contributed by atoms with Crippen LogP contribution in [0.5, 0.6) is 0 Å². The minimum Gasteiger partial charge on any atom is -0.392 e. The Bertz CT molecular complexity index is 1610. The number of ether oxygens (including phenoxy) is 2. The molecule has 1 saturated heterocycles. The lowest BCUT2D eigenvalue weighted by atomic mass is 9.99. The second kappa shape index (κ2) is 17.9. The monoisotopic (exact) mass is 673 g/mol. The number of carbonyl (C=O) groups excluding carboxylic acids is 2. The largest absolute Gasteiger partial charge is 0.392 e. The third kappa shape index (κ3) is 10.2. The fourth-order valence-corrected chi connectivity index (χ4v) is 6.46. The van der Waals surface area contributed by atoms with Gasteiger partial charge in [0.1, 0.15) is 6.33 Å². The molecular formula is C36H43N5O6S. The summed E-state index contributed by atoms with van der Waals surface area (Å²) < 4.78 is 14.9. The first-order valence-electron chi connectivity index (χ1n) is 16.3. The summed E-state index contributed by atoms with van der Waals surface area (Å²) in [7, 11) is 1.92. The van der Waals surface area contributed by atoms with Gasteiger partial charge in [-0.25, -0.2) is 5.48 Å². The molecule has 254 valence electrons. The average molecular weight is 674 g/mol. The molecule has 11 nitrogen and oxygen atoms in total. The lowest BCUT2D eigenvalue weighted by Crippen LogP contribution is -2.31. The molecule has 1 fully saturated rings. The van der Waals surface area contributed by atoms with Gasteiger partial charge in [-0.3, -0.25) is 14.8 Å². The number of aliphatic hydroxyl groups is 1. The molecule has 0 saturated carbocycles. The summed E-state index contributed by atoms with van der Waals surface area (Å²) >= 11 is 1.61. The van der Waals surface area contributed by atoms with Crippen LogP contribution in [-0.2, 0) is 39.3 Å². The van der Waals surface area contributed by atoms with Crippen LogP contribution < -0.4 is 10.8 Å². The number of nitrogens with one attached hydrogen (secondary N) is 2. The van der Waals surface area contributed by atoms with Gasteiger partial charge < -0.3 is 24.5 Å². The fraction of sp³-hybridized carbons (Fsp3) is 0.389. The van der Waals surface area contributed by atoms with E-state index in [2.05, 4.69) is 39.8 Å². The Labute approximate surface area is 285 Å². The minimum absolute atomic E-state index is 0.00118. The van der Waals surface area contributed by atoms with Crippen LogP contribution in [0.25, 0.3) is 11.1 Å². The van der Waals surface area contributed by atoms with Crippen LogP contribution in [0.15, 0.2) is 84.3 Å². The van der Waals surface area contributed by atoms with E-state index in [1.807, 2.05) is 60.1 Å². The lowest BCUT2D eigenvalue weighted by Gasteiger charge is -2.36. The number of amides is 2. The zero-order valence-electron chi connectivity index (χ0n) is 27.1. The molecule has 0 radical (unpaired) electrons. The van der Waals surface area contributed by atoms with Crippen molar-refractivity contribution in [2.24, 2.45) is 7.05 Å². The number of thioether (sulfide) groups is 1. The highest BCUT2D eigenvalue weighted by Crippen LogP contribution is 2.39. The predicted octanol–water partition coefficient (Wildman–Crippen LogP) is 5.77. The van der Waals surface area contributed by atoms with Crippen molar-refractivity contribution in [2.45, 2.75) is 81.8 Å². The number of nitrogens with zero attached hydrogens (tertiary/aromatic N) is 3. The van der Waals surface area contributed by atoms with Gasteiger partial charge in [0.15, 0.2) is 11.4 Å². The van der Waals surface area contributed by atoms with E-state index in [-0.39, 0.29) is 37.0 Å². The van der Waals surface area contributed by atoms with Gasteiger partial charge in [0.05, 0.1) is 18.8 Å². The average Bonchev–Trinajstić information content (AvgIpc) is 3.55. The Morgan fingerprint density at radius 1 is 0.896 bits per heavy atom. The number of aromatic nitrogens is 3. The van der Waals surface area contributed by atoms with Crippen LogP contribution >= 0.6 is 11.8 Å². The summed E-state index contributed by atoms with van der Waals surface area (Å²) in [6.07, 6.45) is 5.43. The second-order valence-corrected chi connectivity index (χ2v) is 12.9. The highest BCUT2D eigenvalue weighted by atomic mass is 32.2. The molecule has 3 aromatic carbocycles. The number of rotatable bonds is 16. The predicted molar refractivity (Wildman–Crippen MR) is 182 cm³/mol. The maximum Gasteiger partial charge on any atom is 0.243 e. The van der Waals surface area contributed by atoms with Crippen molar-refractivity contribution >= 4 is 23.6 Å². The Kier molecular flexibility index (Phi) is 13.1. The van der Waals surface area contributed by atoms with Crippen molar-refractivity contribution in [3.63, 3.8) is 0 Å². The molecule has 1 aromatic heterocycles. The van der Waals surface area contributed by atoms with Crippen LogP contribution in [0.1, 0.15) is 79.6 Å². The van der Waals surface area contributed by atoms with Crippen molar-refractivity contribution in [1.29, 1.82) is 0 Å². The molecule has 4 aromatic rings. The molecule has 3 atom stereocenters. The molecule has 0 spiro atoms. The summed E-state index contributed by atoms with van der Waals surface area (Å²) in [6, 6.07) is 24.2. The van der Waals surface area contributed by atoms with Crippen LogP contribution in [0.2, 0.25) is 0 Å². The number of unbranched alkanes of at least 4 members (excludes halogenated alkanes) is 3. The van der Waals surface area contributed by atoms with E-state index in [9.17, 15) is 14.7 Å². The molecule has 0 unspecified atom stereocenters. The number of benzene rings is 3. The van der Waals surface area contributed by atoms with Crippen molar-refractivity contribution < 1.29 is 29.4 Å². The highest BCUT2D eigenvalue weighted by Gasteiger charge is 2.32. The van der Waals surface area contributed by atoms with Crippen molar-refractivity contribution in [2.75, 3.05) is 5.75 Å². The SMILES string of the molecule is Cn1cnnc1SC[C@@H]1C[C@H](c2ccc(CO)cc2)O[C@H](c2ccc(-c3cccc(CNC(=O)CCCCCCC(=O)NO)c3)cc2)O1. The first-order valence-corrected chi connectivity index (χ1v) is 17.3. The Morgan fingerprint density at radius 2 is 1.62 bits per heavy atom. The first kappa shape index (κ1) is 35.2. The highest BCUT2D eigenvalue weighted by molar-refractivity contribution is 7.99. The van der Waals surface area contributed by atoms with Gasteiger partial charge in [-0.15, -0.1) is 10.2 Å². The van der Waals surface area contributed by atoms with E-state index in [4.69, 9.17) is 14.7 Å². The topological polar surface area (TPSA) is 148 Å². The minimum atomic E-state index is -0.554. The molecular weight excluding hydrogens is 630 g/mol. The molecule has 48 heavy (non-hydrogen) atoms. The Morgan fingerprint density at radius 3 is 2.31 bits per heavy atom. The van der Waals surface area contributed by atoms with Gasteiger partial charge in [-0.05, 0) is 46.7 Å². The maximum atomic E-state index is 12.4. The van der Waals surface area contributed by atoms with Gasteiger partial charge >= 0.3 is 0 Å². The number of aryl methyl sites for hydroxylation is 1. The summed E-state index contributed by atoms with van der Waals surface area (Å²) in [6.45, 7) is 0.440. The van der Waals surface area contributed by atoms with Gasteiger partial charge in [-0.2, -0.15) is 0 Å². The summed E-state index contributed by atoms with van der Waals surface area (Å²) in [5, 5.41) is 30.0. The first-order chi connectivity index (χ1) is 23.4. The molecule has 5 rings (SSSR count). The fourth-order valence-electron chi connectivity index (χ4n) is 5.56. The van der Waals surface area contributed by atoms with Gasteiger partial charge in [-0.1, -0.05) is 91.3 Å². The third-order valence-corrected chi connectivity index (χ3v) is 9.46. The smallest absolute Gasteiger partial charge is 0.243 e. The van der Waals surface area contributed by atoms with Crippen molar-refractivity contribution in [3.8, 4) is 11.1 Å². The maximum absolute atomic E-state index is 12.4. The molecule has 0 aliphatic carbocycles. The number of carbonyl (C=O) groups is 2. The number of aliphatic hydroxyl groups excluding tert-OH is 1. The van der Waals surface area contributed by atoms with Crippen LogP contribution in [0.3, 0.4) is 0 Å². The van der Waals surface area contributed by atoms with E-state index >= 15 is 0 Å². The summed E-state index contributed by atoms with van der Waals surface area (Å²) in [5.74, 6) is 0.319. The number of hydrogen-bond acceptors (Lipinski definition) is 9. The summed E-state index contributed by atoms with van der Waals surface area (Å²) in [4.78, 5) is 23.4. The zero-order chi connectivity index (χ0) is 33.7. The van der Waals surface area contributed by atoms with Crippen LogP contribution in [0, 0.1) is 0 Å². The lowest BCUT2D eigenvalue weighted by molar-refractivity contribution is -0.245. The van der Waals surface area contributed by atoms with E-state index < -0.39 is 6.29 Å². The molecule has 12 heteroatoms. The summed E-state index contributed by atoms with van der Waals surface area (Å²) in [5.41, 5.74) is 7.55. The normalized spacial score (nSPS) is 17.6. The molecule has 2 amide bonds. The quantitative estimate of drug-likeness (QED) is 0.0503. The molecule has 1 aliphatic heterocycles. The third-order valence-electron chi connectivity index (χ3n) is 8.30. The van der Waals surface area contributed by atoms with Crippen LogP contribution in [0.4, 0.5) is 0 Å². The second-order valence-electron chi connectivity index (χ2n) is 11.9. The number of hydrogen-bond donors (Lipinski definition) is 4. The molecule has 2 heterocycles. The van der Waals surface area contributed by atoms with E-state index in [1.165, 1.54) is 0 Å². The number of hydroxylamine groups is 1. The van der Waals surface area contributed by atoms with Gasteiger partial charge in [0, 0.05) is 44.2 Å². The van der Waals surface area contributed by atoms with Crippen LogP contribution in [-0.4, -0.2) is 48.7 Å². The van der Waals surface area contributed by atoms with Gasteiger partial charge in [0.25, 0.3) is 0 Å². The zero-order valence-corrected chi connectivity index (χ0v) is 27.9. The van der Waals surface area contributed by atoms with E-state index in [1.54, 1.807) is 23.6 Å². The van der Waals surface area contributed by atoms with Crippen molar-refractivity contribution in [3.05, 3.63) is 101 Å². The van der Waals surface area contributed by atoms with E-state index in [0.29, 0.717) is 31.6 Å². The Balaban J connectivity index is 1.18. The molecule has 1 aliphatic rings. The van der Waals surface area contributed by atoms with E-state index in [0.717, 1.165) is 57.8 Å². The van der Waals surface area contributed by atoms with Crippen molar-refractivity contribution in [1.82, 2.24) is 25.6 Å². The molecule has 4 N–H and O–H groups in total.